The van der Waals surface area contributed by atoms with Crippen molar-refractivity contribution in [3.05, 3.63) is 0 Å². The zero-order chi connectivity index (χ0) is 13.2. The van der Waals surface area contributed by atoms with Crippen LogP contribution in [0.5, 0.6) is 0 Å². The van der Waals surface area contributed by atoms with E-state index in [0.717, 1.165) is 0 Å². The lowest BCUT2D eigenvalue weighted by atomic mass is 9.77. The summed E-state index contributed by atoms with van der Waals surface area (Å²) in [5, 5.41) is 0. The summed E-state index contributed by atoms with van der Waals surface area (Å²) in [6, 6.07) is 0. The molecule has 2 fully saturated rings. The minimum atomic E-state index is -0.823. The molecule has 2 aliphatic rings. The highest BCUT2D eigenvalue weighted by Crippen LogP contribution is 2.42. The van der Waals surface area contributed by atoms with Gasteiger partial charge in [0.2, 0.25) is 0 Å². The summed E-state index contributed by atoms with van der Waals surface area (Å²) in [5.41, 5.74) is 0. The van der Waals surface area contributed by atoms with Gasteiger partial charge in [0, 0.05) is 12.8 Å². The van der Waals surface area contributed by atoms with Gasteiger partial charge in [-0.1, -0.05) is 0 Å². The number of hydrogen-bond donors (Lipinski definition) is 0. The molecular formula is C12H18O6. The van der Waals surface area contributed by atoms with Gasteiger partial charge in [-0.05, 0) is 6.42 Å². The Bertz CT molecular complexity index is 307. The fourth-order valence-corrected chi connectivity index (χ4v) is 2.77. The molecule has 1 spiro atoms. The van der Waals surface area contributed by atoms with Crippen LogP contribution in [0.15, 0.2) is 0 Å². The standard InChI is InChI=1S/C12H18O6/c1-15-10(13)8-5-9(11(14)16-2)7-12(6-8)17-3-4-18-12/h8-9H,3-7H2,1-2H3. The van der Waals surface area contributed by atoms with E-state index < -0.39 is 5.79 Å². The molecule has 0 aromatic heterocycles. The van der Waals surface area contributed by atoms with Gasteiger partial charge in [0.1, 0.15) is 0 Å². The summed E-state index contributed by atoms with van der Waals surface area (Å²) in [5.74, 6) is -2.25. The Morgan fingerprint density at radius 1 is 1.00 bits per heavy atom. The Balaban J connectivity index is 2.14. The molecule has 2 rings (SSSR count). The molecule has 0 N–H and O–H groups in total. The lowest BCUT2D eigenvalue weighted by molar-refractivity contribution is -0.208. The molecule has 18 heavy (non-hydrogen) atoms. The predicted molar refractivity (Wildman–Crippen MR) is 59.5 cm³/mol. The van der Waals surface area contributed by atoms with Crippen LogP contribution in [-0.4, -0.2) is 45.2 Å². The van der Waals surface area contributed by atoms with E-state index in [1.54, 1.807) is 0 Å². The van der Waals surface area contributed by atoms with Crippen molar-refractivity contribution < 1.29 is 28.5 Å². The summed E-state index contributed by atoms with van der Waals surface area (Å²) < 4.78 is 20.7. The summed E-state index contributed by atoms with van der Waals surface area (Å²) >= 11 is 0. The smallest absolute Gasteiger partial charge is 0.308 e. The molecule has 1 saturated heterocycles. The Morgan fingerprint density at radius 3 is 1.83 bits per heavy atom. The van der Waals surface area contributed by atoms with Crippen molar-refractivity contribution in [2.45, 2.75) is 25.0 Å². The van der Waals surface area contributed by atoms with Gasteiger partial charge in [-0.25, -0.2) is 0 Å². The summed E-state index contributed by atoms with van der Waals surface area (Å²) in [6.07, 6.45) is 1.30. The van der Waals surface area contributed by atoms with E-state index in [1.165, 1.54) is 14.2 Å². The van der Waals surface area contributed by atoms with Gasteiger partial charge in [0.05, 0.1) is 39.3 Å². The molecule has 102 valence electrons. The van der Waals surface area contributed by atoms with Crippen LogP contribution < -0.4 is 0 Å². The predicted octanol–water partition coefficient (Wildman–Crippen LogP) is 0.492. The molecular weight excluding hydrogens is 240 g/mol. The van der Waals surface area contributed by atoms with Crippen LogP contribution in [0.4, 0.5) is 0 Å². The number of hydrogen-bond acceptors (Lipinski definition) is 6. The lowest BCUT2D eigenvalue weighted by Gasteiger charge is -2.38. The van der Waals surface area contributed by atoms with Gasteiger partial charge >= 0.3 is 11.9 Å². The van der Waals surface area contributed by atoms with Gasteiger partial charge < -0.3 is 18.9 Å². The number of esters is 2. The fraction of sp³-hybridized carbons (Fsp3) is 0.833. The quantitative estimate of drug-likeness (QED) is 0.671. The molecule has 6 heteroatoms. The van der Waals surface area contributed by atoms with Gasteiger partial charge in [-0.15, -0.1) is 0 Å². The highest BCUT2D eigenvalue weighted by atomic mass is 16.7. The van der Waals surface area contributed by atoms with E-state index in [-0.39, 0.29) is 23.8 Å². The molecule has 6 nitrogen and oxygen atoms in total. The third-order valence-corrected chi connectivity index (χ3v) is 3.57. The SMILES string of the molecule is COC(=O)C1CC(C(=O)OC)CC2(C1)OCCO2. The molecule has 1 saturated carbocycles. The first kappa shape index (κ1) is 13.3. The average molecular weight is 258 g/mol. The van der Waals surface area contributed by atoms with Crippen molar-refractivity contribution >= 4 is 11.9 Å². The maximum Gasteiger partial charge on any atom is 0.308 e. The first-order valence-corrected chi connectivity index (χ1v) is 6.04. The normalized spacial score (nSPS) is 30.1. The van der Waals surface area contributed by atoms with E-state index in [2.05, 4.69) is 0 Å². The number of rotatable bonds is 2. The monoisotopic (exact) mass is 258 g/mol. The Hall–Kier alpha value is -1.14. The molecule has 1 heterocycles. The summed E-state index contributed by atoms with van der Waals surface area (Å²) in [6.45, 7) is 0.976. The van der Waals surface area contributed by atoms with E-state index >= 15 is 0 Å². The van der Waals surface area contributed by atoms with Crippen LogP contribution in [0.25, 0.3) is 0 Å². The minimum Gasteiger partial charge on any atom is -0.469 e. The van der Waals surface area contributed by atoms with Crippen molar-refractivity contribution in [2.75, 3.05) is 27.4 Å². The van der Waals surface area contributed by atoms with Crippen LogP contribution in [0.3, 0.4) is 0 Å². The van der Waals surface area contributed by atoms with Crippen LogP contribution in [0.1, 0.15) is 19.3 Å². The third kappa shape index (κ3) is 2.49. The Morgan fingerprint density at radius 2 is 1.44 bits per heavy atom. The van der Waals surface area contributed by atoms with Gasteiger partial charge in [-0.3, -0.25) is 9.59 Å². The van der Waals surface area contributed by atoms with Crippen LogP contribution in [0, 0.1) is 11.8 Å². The highest BCUT2D eigenvalue weighted by molar-refractivity contribution is 5.76. The van der Waals surface area contributed by atoms with E-state index in [0.29, 0.717) is 32.5 Å². The topological polar surface area (TPSA) is 71.1 Å². The van der Waals surface area contributed by atoms with Gasteiger partial charge in [0.15, 0.2) is 5.79 Å². The first-order valence-electron chi connectivity index (χ1n) is 6.04. The Kier molecular flexibility index (Phi) is 3.87. The second kappa shape index (κ2) is 5.24. The minimum absolute atomic E-state index is 0.331. The van der Waals surface area contributed by atoms with Crippen LogP contribution in [-0.2, 0) is 28.5 Å². The van der Waals surface area contributed by atoms with Crippen LogP contribution in [0.2, 0.25) is 0 Å². The van der Waals surface area contributed by atoms with Crippen molar-refractivity contribution in [1.29, 1.82) is 0 Å². The van der Waals surface area contributed by atoms with E-state index in [9.17, 15) is 9.59 Å². The highest BCUT2D eigenvalue weighted by Gasteiger charge is 2.49. The number of carbonyl (C=O) groups is 2. The Labute approximate surface area is 106 Å². The fourth-order valence-electron chi connectivity index (χ4n) is 2.77. The summed E-state index contributed by atoms with van der Waals surface area (Å²) in [7, 11) is 2.68. The lowest BCUT2D eigenvalue weighted by Crippen LogP contribution is -2.45. The molecule has 0 radical (unpaired) electrons. The molecule has 0 bridgehead atoms. The van der Waals surface area contributed by atoms with Gasteiger partial charge in [-0.2, -0.15) is 0 Å². The zero-order valence-electron chi connectivity index (χ0n) is 10.6. The van der Waals surface area contributed by atoms with Crippen molar-refractivity contribution in [2.24, 2.45) is 11.8 Å². The van der Waals surface area contributed by atoms with E-state index in [1.807, 2.05) is 0 Å². The second-order valence-electron chi connectivity index (χ2n) is 4.69. The van der Waals surface area contributed by atoms with E-state index in [4.69, 9.17) is 18.9 Å². The molecule has 2 atom stereocenters. The van der Waals surface area contributed by atoms with Crippen molar-refractivity contribution in [3.63, 3.8) is 0 Å². The van der Waals surface area contributed by atoms with Gasteiger partial charge in [0.25, 0.3) is 0 Å². The summed E-state index contributed by atoms with van der Waals surface area (Å²) in [4.78, 5) is 23.4. The number of methoxy groups -OCH3 is 2. The number of carbonyl (C=O) groups excluding carboxylic acids is 2. The molecule has 0 amide bonds. The second-order valence-corrected chi connectivity index (χ2v) is 4.69. The zero-order valence-corrected chi connectivity index (χ0v) is 10.6. The molecule has 0 aromatic rings. The van der Waals surface area contributed by atoms with Crippen molar-refractivity contribution in [3.8, 4) is 0 Å². The maximum absolute atomic E-state index is 11.7. The van der Waals surface area contributed by atoms with Crippen molar-refractivity contribution in [1.82, 2.24) is 0 Å². The average Bonchev–Trinajstić information content (AvgIpc) is 2.83. The molecule has 1 aliphatic heterocycles. The maximum atomic E-state index is 11.7. The largest absolute Gasteiger partial charge is 0.469 e. The first-order chi connectivity index (χ1) is 8.60. The van der Waals surface area contributed by atoms with Crippen LogP contribution >= 0.6 is 0 Å². The molecule has 1 aliphatic carbocycles. The number of ether oxygens (including phenoxy) is 4. The molecule has 2 unspecified atom stereocenters. The molecule has 0 aromatic carbocycles. The third-order valence-electron chi connectivity index (χ3n) is 3.57.